The molecule has 0 fully saturated rings. The Bertz CT molecular complexity index is 979. The highest BCUT2D eigenvalue weighted by atomic mass is 32.3. The van der Waals surface area contributed by atoms with Crippen LogP contribution in [0.25, 0.3) is 0 Å². The van der Waals surface area contributed by atoms with E-state index in [1.165, 1.54) is 36.4 Å². The summed E-state index contributed by atoms with van der Waals surface area (Å²) in [5.74, 6) is -1.04. The molecule has 0 radical (unpaired) electrons. The number of nitrogens with one attached hydrogen (secondary N) is 2. The fourth-order valence-corrected chi connectivity index (χ4v) is 3.39. The smallest absolute Gasteiger partial charge is 0.255 e. The number of rotatable bonds is 5. The maximum absolute atomic E-state index is 13.7. The molecule has 26 heavy (non-hydrogen) atoms. The van der Waals surface area contributed by atoms with Gasteiger partial charge in [0, 0.05) is 17.3 Å². The fourth-order valence-electron chi connectivity index (χ4n) is 2.28. The first-order chi connectivity index (χ1) is 12.5. The van der Waals surface area contributed by atoms with Crippen LogP contribution in [0.3, 0.4) is 0 Å². The Labute approximate surface area is 151 Å². The van der Waals surface area contributed by atoms with Crippen molar-refractivity contribution < 1.29 is 17.9 Å². The predicted molar refractivity (Wildman–Crippen MR) is 98.0 cm³/mol. The van der Waals surface area contributed by atoms with Gasteiger partial charge < -0.3 is 9.87 Å². The average Bonchev–Trinajstić information content (AvgIpc) is 2.64. The number of hydrogen-bond acceptors (Lipinski definition) is 3. The van der Waals surface area contributed by atoms with Crippen molar-refractivity contribution in [3.8, 4) is 0 Å². The molecule has 0 heterocycles. The van der Waals surface area contributed by atoms with Crippen LogP contribution in [0, 0.1) is 5.82 Å². The molecule has 0 bridgehead atoms. The minimum absolute atomic E-state index is 0.0911. The summed E-state index contributed by atoms with van der Waals surface area (Å²) in [6.07, 6.45) is 0. The van der Waals surface area contributed by atoms with Gasteiger partial charge in [-0.2, -0.15) is 4.72 Å². The van der Waals surface area contributed by atoms with Crippen LogP contribution in [-0.4, -0.2) is 10.5 Å². The molecule has 3 aromatic rings. The van der Waals surface area contributed by atoms with Gasteiger partial charge in [0.1, 0.15) is 5.69 Å². The van der Waals surface area contributed by atoms with Crippen molar-refractivity contribution in [3.05, 3.63) is 90.2 Å². The third kappa shape index (κ3) is 4.14. The van der Waals surface area contributed by atoms with E-state index < -0.39 is 16.2 Å². The van der Waals surface area contributed by atoms with E-state index in [0.717, 1.165) is 6.07 Å². The van der Waals surface area contributed by atoms with E-state index in [4.69, 9.17) is 0 Å². The zero-order valence-corrected chi connectivity index (χ0v) is 14.3. The first-order valence-corrected chi connectivity index (χ1v) is 9.18. The van der Waals surface area contributed by atoms with Crippen molar-refractivity contribution in [1.29, 1.82) is 0 Å². The van der Waals surface area contributed by atoms with Crippen molar-refractivity contribution >= 4 is 27.7 Å². The number of sulfonamides is 1. The van der Waals surface area contributed by atoms with Gasteiger partial charge in [-0.3, -0.25) is 4.79 Å². The number of anilines is 2. The van der Waals surface area contributed by atoms with Crippen LogP contribution >= 0.6 is 0 Å². The van der Waals surface area contributed by atoms with Crippen LogP contribution < -0.4 is 10.0 Å². The Morgan fingerprint density at radius 2 is 1.62 bits per heavy atom. The van der Waals surface area contributed by atoms with Crippen molar-refractivity contribution in [2.24, 2.45) is 0 Å². The summed E-state index contributed by atoms with van der Waals surface area (Å²) >= 11 is 0. The minimum Gasteiger partial charge on any atom is -0.588 e. The van der Waals surface area contributed by atoms with Crippen molar-refractivity contribution in [3.63, 3.8) is 0 Å². The van der Waals surface area contributed by atoms with Gasteiger partial charge in [-0.25, -0.2) is 4.39 Å². The van der Waals surface area contributed by atoms with Crippen LogP contribution in [0.15, 0.2) is 83.8 Å². The molecule has 0 saturated carbocycles. The summed E-state index contributed by atoms with van der Waals surface area (Å²) in [4.78, 5) is 12.1. The third-order valence-corrected chi connectivity index (χ3v) is 4.92. The monoisotopic (exact) mass is 370 g/mol. The molecule has 0 spiro atoms. The fraction of sp³-hybridized carbons (Fsp3) is 0. The maximum atomic E-state index is 13.7. The molecule has 0 saturated heterocycles. The highest BCUT2D eigenvalue weighted by Gasteiger charge is 2.22. The lowest BCUT2D eigenvalue weighted by molar-refractivity contribution is 0.102. The molecular formula is C19H15FN2O3S. The molecule has 7 heteroatoms. The number of benzene rings is 3. The molecule has 1 unspecified atom stereocenters. The van der Waals surface area contributed by atoms with Gasteiger partial charge in [-0.1, -0.05) is 40.6 Å². The second-order valence-electron chi connectivity index (χ2n) is 5.43. The van der Waals surface area contributed by atoms with E-state index in [1.54, 1.807) is 36.4 Å². The van der Waals surface area contributed by atoms with Gasteiger partial charge in [0.2, 0.25) is 0 Å². The molecule has 0 aliphatic carbocycles. The lowest BCUT2D eigenvalue weighted by Gasteiger charge is -2.17. The van der Waals surface area contributed by atoms with Crippen molar-refractivity contribution in [2.75, 3.05) is 10.0 Å². The molecule has 1 atom stereocenters. The zero-order chi connectivity index (χ0) is 18.6. The molecule has 3 rings (SSSR count). The predicted octanol–water partition coefficient (Wildman–Crippen LogP) is 4.09. The third-order valence-electron chi connectivity index (χ3n) is 3.56. The molecule has 132 valence electrons. The van der Waals surface area contributed by atoms with E-state index in [2.05, 4.69) is 10.0 Å². The second kappa shape index (κ2) is 7.47. The largest absolute Gasteiger partial charge is 0.588 e. The Balaban J connectivity index is 1.81. The van der Waals surface area contributed by atoms with Gasteiger partial charge >= 0.3 is 0 Å². The molecule has 0 aliphatic heterocycles. The zero-order valence-electron chi connectivity index (χ0n) is 13.5. The highest BCUT2D eigenvalue weighted by molar-refractivity contribution is 7.98. The van der Waals surface area contributed by atoms with Crippen LogP contribution in [0.1, 0.15) is 10.4 Å². The quantitative estimate of drug-likeness (QED) is 0.664. The van der Waals surface area contributed by atoms with E-state index >= 15 is 0 Å². The van der Waals surface area contributed by atoms with Crippen LogP contribution in [0.5, 0.6) is 0 Å². The van der Waals surface area contributed by atoms with Crippen LogP contribution in [0.4, 0.5) is 15.8 Å². The molecule has 2 N–H and O–H groups in total. The normalized spacial score (nSPS) is 12.8. The topological polar surface area (TPSA) is 81.3 Å². The Morgan fingerprint density at radius 3 is 2.35 bits per heavy atom. The summed E-state index contributed by atoms with van der Waals surface area (Å²) in [5.41, 5.74) is 0.617. The lowest BCUT2D eigenvalue weighted by Crippen LogP contribution is -2.22. The average molecular weight is 370 g/mol. The lowest BCUT2D eigenvalue weighted by atomic mass is 10.2. The number of para-hydroxylation sites is 1. The van der Waals surface area contributed by atoms with Gasteiger partial charge in [0.25, 0.3) is 5.91 Å². The van der Waals surface area contributed by atoms with E-state index in [0.29, 0.717) is 11.3 Å². The number of carbonyl (C=O) groups excluding carboxylic acids is 1. The summed E-state index contributed by atoms with van der Waals surface area (Å²) < 4.78 is 40.8. The van der Waals surface area contributed by atoms with Gasteiger partial charge in [0.15, 0.2) is 21.1 Å². The Kier molecular flexibility index (Phi) is 5.11. The number of amides is 1. The number of carbonyl (C=O) groups is 1. The molecule has 5 nitrogen and oxygen atoms in total. The van der Waals surface area contributed by atoms with Gasteiger partial charge in [0.05, 0.1) is 0 Å². The Morgan fingerprint density at radius 1 is 0.923 bits per heavy atom. The minimum atomic E-state index is -4.00. The maximum Gasteiger partial charge on any atom is 0.255 e. The summed E-state index contributed by atoms with van der Waals surface area (Å²) in [7, 11) is -4.00. The molecule has 0 aliphatic rings. The first-order valence-electron chi connectivity index (χ1n) is 7.69. The number of hydrogen-bond donors (Lipinski definition) is 2. The molecule has 3 aromatic carbocycles. The highest BCUT2D eigenvalue weighted by Crippen LogP contribution is 2.24. The summed E-state index contributed by atoms with van der Waals surface area (Å²) in [5, 5.41) is 2.64. The van der Waals surface area contributed by atoms with E-state index in [9.17, 15) is 17.9 Å². The molecule has 0 aromatic heterocycles. The standard InChI is InChI=1S/C19H15FN2O3S/c20-17-11-4-5-12-18(17)22-26(24,25)16-10-6-9-15(13-16)21-19(23)14-7-2-1-3-8-14/h1-13H,(H2-,21,22,23,24,25). The van der Waals surface area contributed by atoms with Crippen molar-refractivity contribution in [1.82, 2.24) is 0 Å². The number of halogens is 1. The Hall–Kier alpha value is -3.03. The van der Waals surface area contributed by atoms with Crippen LogP contribution in [-0.2, 0) is 14.6 Å². The molecular weight excluding hydrogens is 355 g/mol. The SMILES string of the molecule is O=C(Nc1cccc([S+](=O)([O-])Nc2ccccc2F)c1)c1ccccc1. The second-order valence-corrected chi connectivity index (χ2v) is 7.12. The first kappa shape index (κ1) is 17.8. The van der Waals surface area contributed by atoms with E-state index in [1.807, 2.05) is 0 Å². The van der Waals surface area contributed by atoms with Gasteiger partial charge in [-0.05, 0) is 36.4 Å². The summed E-state index contributed by atoms with van der Waals surface area (Å²) in [6.45, 7) is 0. The van der Waals surface area contributed by atoms with Crippen molar-refractivity contribution in [2.45, 2.75) is 4.90 Å². The van der Waals surface area contributed by atoms with Crippen LogP contribution in [0.2, 0.25) is 0 Å². The van der Waals surface area contributed by atoms with E-state index in [-0.39, 0.29) is 16.5 Å². The molecule has 1 amide bonds. The summed E-state index contributed by atoms with van der Waals surface area (Å²) in [6, 6.07) is 19.8. The van der Waals surface area contributed by atoms with Gasteiger partial charge in [-0.15, -0.1) is 0 Å².